The molecule has 0 aliphatic heterocycles. The van der Waals surface area contributed by atoms with Crippen LogP contribution in [0.5, 0.6) is 11.5 Å². The van der Waals surface area contributed by atoms with E-state index in [4.69, 9.17) is 4.74 Å². The first-order chi connectivity index (χ1) is 10.2. The van der Waals surface area contributed by atoms with Crippen molar-refractivity contribution in [3.63, 3.8) is 0 Å². The minimum absolute atomic E-state index is 0.154. The van der Waals surface area contributed by atoms with Crippen LogP contribution in [-0.2, 0) is 0 Å². The van der Waals surface area contributed by atoms with Gasteiger partial charge in [0.25, 0.3) is 0 Å². The van der Waals surface area contributed by atoms with Gasteiger partial charge < -0.3 is 9.84 Å². The fourth-order valence-electron chi connectivity index (χ4n) is 2.11. The molecule has 4 heteroatoms. The number of rotatable bonds is 2. The fraction of sp³-hybridized carbons (Fsp3) is 0. The average molecular weight is 279 g/mol. The lowest BCUT2D eigenvalue weighted by Gasteiger charge is -2.09. The van der Waals surface area contributed by atoms with E-state index in [1.54, 1.807) is 30.3 Å². The van der Waals surface area contributed by atoms with E-state index in [0.29, 0.717) is 22.2 Å². The molecule has 21 heavy (non-hydrogen) atoms. The van der Waals surface area contributed by atoms with E-state index in [2.05, 4.69) is 5.32 Å². The van der Waals surface area contributed by atoms with Crippen molar-refractivity contribution in [2.75, 3.05) is 5.32 Å². The van der Waals surface area contributed by atoms with Crippen LogP contribution in [0, 0.1) is 0 Å². The summed E-state index contributed by atoms with van der Waals surface area (Å²) in [5, 5.41) is 13.8. The second kappa shape index (κ2) is 5.54. The van der Waals surface area contributed by atoms with Gasteiger partial charge in [-0.3, -0.25) is 5.32 Å². The maximum atomic E-state index is 11.9. The molecule has 2 N–H and O–H groups in total. The SMILES string of the molecule is O=C(Nc1ccccc1)Oc1ccc(O)c2ccccc12. The molecule has 0 aliphatic carbocycles. The Morgan fingerprint density at radius 3 is 2.29 bits per heavy atom. The highest BCUT2D eigenvalue weighted by Crippen LogP contribution is 2.32. The monoisotopic (exact) mass is 279 g/mol. The van der Waals surface area contributed by atoms with Crippen LogP contribution in [0.3, 0.4) is 0 Å². The molecule has 1 amide bonds. The molecule has 3 rings (SSSR count). The molecule has 0 radical (unpaired) electrons. The third kappa shape index (κ3) is 2.79. The summed E-state index contributed by atoms with van der Waals surface area (Å²) in [4.78, 5) is 11.9. The number of carbonyl (C=O) groups is 1. The Labute approximate surface area is 121 Å². The van der Waals surface area contributed by atoms with E-state index in [-0.39, 0.29) is 5.75 Å². The molecule has 0 unspecified atom stereocenters. The molecule has 3 aromatic carbocycles. The number of fused-ring (bicyclic) bond motifs is 1. The largest absolute Gasteiger partial charge is 0.507 e. The Morgan fingerprint density at radius 2 is 1.52 bits per heavy atom. The molecule has 0 aliphatic rings. The zero-order valence-electron chi connectivity index (χ0n) is 11.1. The van der Waals surface area contributed by atoms with Crippen LogP contribution in [0.4, 0.5) is 10.5 Å². The highest BCUT2D eigenvalue weighted by atomic mass is 16.6. The minimum atomic E-state index is -0.572. The maximum Gasteiger partial charge on any atom is 0.417 e. The predicted molar refractivity (Wildman–Crippen MR) is 81.7 cm³/mol. The van der Waals surface area contributed by atoms with Crippen LogP contribution in [0.25, 0.3) is 10.8 Å². The molecule has 0 bridgehead atoms. The lowest BCUT2D eigenvalue weighted by Crippen LogP contribution is -2.16. The number of anilines is 1. The zero-order valence-corrected chi connectivity index (χ0v) is 11.1. The molecule has 0 aromatic heterocycles. The number of phenolic OH excluding ortho intramolecular Hbond substituents is 1. The minimum Gasteiger partial charge on any atom is -0.507 e. The van der Waals surface area contributed by atoms with Crippen molar-refractivity contribution in [2.45, 2.75) is 0 Å². The maximum absolute atomic E-state index is 11.9. The van der Waals surface area contributed by atoms with Gasteiger partial charge in [0.05, 0.1) is 0 Å². The van der Waals surface area contributed by atoms with Gasteiger partial charge in [0, 0.05) is 16.5 Å². The van der Waals surface area contributed by atoms with E-state index < -0.39 is 6.09 Å². The van der Waals surface area contributed by atoms with E-state index in [0.717, 1.165) is 0 Å². The summed E-state index contributed by atoms with van der Waals surface area (Å²) in [7, 11) is 0. The molecule has 104 valence electrons. The number of hydrogen-bond acceptors (Lipinski definition) is 3. The number of para-hydroxylation sites is 1. The Kier molecular flexibility index (Phi) is 3.43. The van der Waals surface area contributed by atoms with Gasteiger partial charge >= 0.3 is 6.09 Å². The molecule has 0 heterocycles. The van der Waals surface area contributed by atoms with Crippen molar-refractivity contribution in [2.24, 2.45) is 0 Å². The van der Waals surface area contributed by atoms with E-state index in [1.165, 1.54) is 6.07 Å². The molecular weight excluding hydrogens is 266 g/mol. The first-order valence-electron chi connectivity index (χ1n) is 6.48. The number of hydrogen-bond donors (Lipinski definition) is 2. The number of benzene rings is 3. The standard InChI is InChI=1S/C17H13NO3/c19-15-10-11-16(14-9-5-4-8-13(14)15)21-17(20)18-12-6-2-1-3-7-12/h1-11,19H,(H,18,20). The summed E-state index contributed by atoms with van der Waals surface area (Å²) in [6.45, 7) is 0. The average Bonchev–Trinajstić information content (AvgIpc) is 2.51. The van der Waals surface area contributed by atoms with Crippen LogP contribution in [0.2, 0.25) is 0 Å². The molecule has 0 saturated carbocycles. The van der Waals surface area contributed by atoms with Crippen molar-refractivity contribution in [1.82, 2.24) is 0 Å². The first kappa shape index (κ1) is 13.0. The lowest BCUT2D eigenvalue weighted by molar-refractivity contribution is 0.215. The van der Waals surface area contributed by atoms with Gasteiger partial charge in [-0.2, -0.15) is 0 Å². The summed E-state index contributed by atoms with van der Waals surface area (Å²) in [5.74, 6) is 0.554. The van der Waals surface area contributed by atoms with Crippen molar-refractivity contribution >= 4 is 22.6 Å². The summed E-state index contributed by atoms with van der Waals surface area (Å²) in [5.41, 5.74) is 0.658. The summed E-state index contributed by atoms with van der Waals surface area (Å²) in [6, 6.07) is 19.3. The van der Waals surface area contributed by atoms with Crippen LogP contribution in [-0.4, -0.2) is 11.2 Å². The second-order valence-corrected chi connectivity index (χ2v) is 4.51. The van der Waals surface area contributed by atoms with Gasteiger partial charge in [-0.05, 0) is 24.3 Å². The van der Waals surface area contributed by atoms with Crippen molar-refractivity contribution < 1.29 is 14.6 Å². The zero-order chi connectivity index (χ0) is 14.7. The van der Waals surface area contributed by atoms with E-state index >= 15 is 0 Å². The number of phenols is 1. The van der Waals surface area contributed by atoms with Gasteiger partial charge in [0.15, 0.2) is 0 Å². The predicted octanol–water partition coefficient (Wildman–Crippen LogP) is 4.16. The van der Waals surface area contributed by atoms with Gasteiger partial charge in [-0.1, -0.05) is 42.5 Å². The Balaban J connectivity index is 1.85. The Hall–Kier alpha value is -3.01. The quantitative estimate of drug-likeness (QED) is 0.740. The van der Waals surface area contributed by atoms with Crippen LogP contribution < -0.4 is 10.1 Å². The first-order valence-corrected chi connectivity index (χ1v) is 6.48. The molecule has 0 fully saturated rings. The number of aromatic hydroxyl groups is 1. The fourth-order valence-corrected chi connectivity index (χ4v) is 2.11. The highest BCUT2D eigenvalue weighted by Gasteiger charge is 2.10. The number of carbonyl (C=O) groups excluding carboxylic acids is 1. The second-order valence-electron chi connectivity index (χ2n) is 4.51. The van der Waals surface area contributed by atoms with Gasteiger partial charge in [-0.25, -0.2) is 4.79 Å². The topological polar surface area (TPSA) is 58.6 Å². The van der Waals surface area contributed by atoms with Crippen LogP contribution in [0.1, 0.15) is 0 Å². The normalized spacial score (nSPS) is 10.3. The van der Waals surface area contributed by atoms with Gasteiger partial charge in [0.2, 0.25) is 0 Å². The molecule has 0 atom stereocenters. The third-order valence-electron chi connectivity index (χ3n) is 3.08. The summed E-state index contributed by atoms with van der Waals surface area (Å²) < 4.78 is 5.33. The number of nitrogens with one attached hydrogen (secondary N) is 1. The molecular formula is C17H13NO3. The summed E-state index contributed by atoms with van der Waals surface area (Å²) >= 11 is 0. The van der Waals surface area contributed by atoms with Crippen molar-refractivity contribution in [3.8, 4) is 11.5 Å². The Morgan fingerprint density at radius 1 is 0.857 bits per heavy atom. The number of amides is 1. The lowest BCUT2D eigenvalue weighted by atomic mass is 10.1. The molecule has 3 aromatic rings. The molecule has 0 saturated heterocycles. The van der Waals surface area contributed by atoms with Crippen molar-refractivity contribution in [1.29, 1.82) is 0 Å². The van der Waals surface area contributed by atoms with Crippen LogP contribution in [0.15, 0.2) is 66.7 Å². The molecule has 0 spiro atoms. The van der Waals surface area contributed by atoms with Crippen molar-refractivity contribution in [3.05, 3.63) is 66.7 Å². The Bertz CT molecular complexity index is 784. The number of ether oxygens (including phenoxy) is 1. The summed E-state index contributed by atoms with van der Waals surface area (Å²) in [6.07, 6.45) is -0.572. The van der Waals surface area contributed by atoms with E-state index in [1.807, 2.05) is 30.3 Å². The van der Waals surface area contributed by atoms with Gasteiger partial charge in [0.1, 0.15) is 11.5 Å². The van der Waals surface area contributed by atoms with Crippen LogP contribution >= 0.6 is 0 Å². The molecule has 4 nitrogen and oxygen atoms in total. The smallest absolute Gasteiger partial charge is 0.417 e. The van der Waals surface area contributed by atoms with Gasteiger partial charge in [-0.15, -0.1) is 0 Å². The highest BCUT2D eigenvalue weighted by molar-refractivity contribution is 5.95. The third-order valence-corrected chi connectivity index (χ3v) is 3.08. The van der Waals surface area contributed by atoms with E-state index in [9.17, 15) is 9.90 Å².